The monoisotopic (exact) mass is 320 g/mol. The van der Waals surface area contributed by atoms with E-state index in [0.29, 0.717) is 45.1 Å². The van der Waals surface area contributed by atoms with Gasteiger partial charge in [-0.2, -0.15) is 0 Å². The molecule has 0 unspecified atom stereocenters. The van der Waals surface area contributed by atoms with Gasteiger partial charge in [0, 0.05) is 44.6 Å². The third-order valence-electron chi connectivity index (χ3n) is 4.35. The summed E-state index contributed by atoms with van der Waals surface area (Å²) in [6, 6.07) is 0.839. The molecule has 124 valence electrons. The average molecular weight is 320 g/mol. The number of ether oxygens (including phenoxy) is 1. The standard InChI is InChI=1S/C15H20N4O4/c20-13(11-2-8-23-9-3-11)19-7-6-18(10-12(19)14(21)22)15-16-4-1-5-17-15/h1,4-5,11-12H,2-3,6-10H2,(H,21,22)/t12-/m0/s1. The molecule has 2 saturated heterocycles. The van der Waals surface area contributed by atoms with Gasteiger partial charge < -0.3 is 19.6 Å². The van der Waals surface area contributed by atoms with E-state index in [4.69, 9.17) is 4.74 Å². The molecule has 0 radical (unpaired) electrons. The van der Waals surface area contributed by atoms with Gasteiger partial charge >= 0.3 is 5.97 Å². The van der Waals surface area contributed by atoms with Crippen molar-refractivity contribution in [2.75, 3.05) is 37.7 Å². The average Bonchev–Trinajstić information content (AvgIpc) is 2.62. The van der Waals surface area contributed by atoms with Crippen molar-refractivity contribution in [2.24, 2.45) is 5.92 Å². The quantitative estimate of drug-likeness (QED) is 0.837. The van der Waals surface area contributed by atoms with Crippen LogP contribution in [0, 0.1) is 5.92 Å². The van der Waals surface area contributed by atoms with Crippen molar-refractivity contribution in [1.29, 1.82) is 0 Å². The lowest BCUT2D eigenvalue weighted by atomic mass is 9.97. The number of carboxylic acid groups (broad SMARTS) is 1. The molecular formula is C15H20N4O4. The van der Waals surface area contributed by atoms with Gasteiger partial charge in [-0.25, -0.2) is 14.8 Å². The van der Waals surface area contributed by atoms with E-state index in [-0.39, 0.29) is 18.4 Å². The van der Waals surface area contributed by atoms with Crippen molar-refractivity contribution in [1.82, 2.24) is 14.9 Å². The van der Waals surface area contributed by atoms with E-state index in [2.05, 4.69) is 9.97 Å². The van der Waals surface area contributed by atoms with Crippen molar-refractivity contribution in [3.05, 3.63) is 18.5 Å². The molecule has 0 spiro atoms. The molecular weight excluding hydrogens is 300 g/mol. The lowest BCUT2D eigenvalue weighted by molar-refractivity contribution is -0.153. The summed E-state index contributed by atoms with van der Waals surface area (Å²) < 4.78 is 5.27. The first-order valence-corrected chi connectivity index (χ1v) is 7.80. The zero-order valence-corrected chi connectivity index (χ0v) is 12.8. The number of rotatable bonds is 3. The molecule has 0 bridgehead atoms. The van der Waals surface area contributed by atoms with E-state index in [1.54, 1.807) is 18.5 Å². The lowest BCUT2D eigenvalue weighted by Crippen LogP contribution is -2.60. The van der Waals surface area contributed by atoms with Gasteiger partial charge in [0.15, 0.2) is 0 Å². The zero-order valence-electron chi connectivity index (χ0n) is 12.8. The van der Waals surface area contributed by atoms with Gasteiger partial charge in [0.05, 0.1) is 6.54 Å². The second-order valence-corrected chi connectivity index (χ2v) is 5.77. The van der Waals surface area contributed by atoms with Crippen LogP contribution < -0.4 is 4.90 Å². The number of carboxylic acids is 1. The van der Waals surface area contributed by atoms with E-state index < -0.39 is 12.0 Å². The number of carbonyl (C=O) groups excluding carboxylic acids is 1. The van der Waals surface area contributed by atoms with Gasteiger partial charge in [0.1, 0.15) is 6.04 Å². The van der Waals surface area contributed by atoms with Crippen LogP contribution in [0.4, 0.5) is 5.95 Å². The fourth-order valence-corrected chi connectivity index (χ4v) is 3.07. The summed E-state index contributed by atoms with van der Waals surface area (Å²) in [5, 5.41) is 9.53. The maximum absolute atomic E-state index is 12.7. The van der Waals surface area contributed by atoms with Gasteiger partial charge in [-0.3, -0.25) is 4.79 Å². The second-order valence-electron chi connectivity index (χ2n) is 5.77. The maximum atomic E-state index is 12.7. The summed E-state index contributed by atoms with van der Waals surface area (Å²) in [5.41, 5.74) is 0. The highest BCUT2D eigenvalue weighted by Gasteiger charge is 2.38. The van der Waals surface area contributed by atoms with Crippen LogP contribution in [0.3, 0.4) is 0 Å². The molecule has 8 heteroatoms. The van der Waals surface area contributed by atoms with Crippen LogP contribution >= 0.6 is 0 Å². The van der Waals surface area contributed by atoms with Crippen molar-refractivity contribution < 1.29 is 19.4 Å². The highest BCUT2D eigenvalue weighted by atomic mass is 16.5. The van der Waals surface area contributed by atoms with Gasteiger partial charge in [-0.15, -0.1) is 0 Å². The Bertz CT molecular complexity index is 562. The summed E-state index contributed by atoms with van der Waals surface area (Å²) in [6.45, 7) is 2.22. The van der Waals surface area contributed by atoms with Gasteiger partial charge in [-0.1, -0.05) is 0 Å². The predicted octanol–water partition coefficient (Wildman–Crippen LogP) is 0.00500. The number of hydrogen-bond acceptors (Lipinski definition) is 6. The van der Waals surface area contributed by atoms with E-state index >= 15 is 0 Å². The topological polar surface area (TPSA) is 95.9 Å². The molecule has 1 N–H and O–H groups in total. The van der Waals surface area contributed by atoms with Crippen LogP contribution in [0.2, 0.25) is 0 Å². The minimum atomic E-state index is -0.994. The minimum absolute atomic E-state index is 0.0747. The smallest absolute Gasteiger partial charge is 0.328 e. The van der Waals surface area contributed by atoms with E-state index in [1.165, 1.54) is 4.90 Å². The number of piperazine rings is 1. The van der Waals surface area contributed by atoms with E-state index in [9.17, 15) is 14.7 Å². The normalized spacial score (nSPS) is 22.9. The van der Waals surface area contributed by atoms with Crippen molar-refractivity contribution >= 4 is 17.8 Å². The third kappa shape index (κ3) is 3.42. The Morgan fingerprint density at radius 1 is 1.17 bits per heavy atom. The van der Waals surface area contributed by atoms with Crippen molar-refractivity contribution in [2.45, 2.75) is 18.9 Å². The Morgan fingerprint density at radius 2 is 1.87 bits per heavy atom. The number of carbonyl (C=O) groups is 2. The molecule has 1 amide bonds. The Morgan fingerprint density at radius 3 is 2.52 bits per heavy atom. The molecule has 0 aromatic carbocycles. The first-order valence-electron chi connectivity index (χ1n) is 7.80. The Balaban J connectivity index is 1.72. The Labute approximate surface area is 134 Å². The maximum Gasteiger partial charge on any atom is 0.328 e. The Hall–Kier alpha value is -2.22. The summed E-state index contributed by atoms with van der Waals surface area (Å²) >= 11 is 0. The third-order valence-corrected chi connectivity index (χ3v) is 4.35. The minimum Gasteiger partial charge on any atom is -0.480 e. The number of amides is 1. The first kappa shape index (κ1) is 15.7. The summed E-state index contributed by atoms with van der Waals surface area (Å²) in [4.78, 5) is 35.9. The van der Waals surface area contributed by atoms with E-state index in [0.717, 1.165) is 0 Å². The first-order chi connectivity index (χ1) is 11.2. The van der Waals surface area contributed by atoms with Gasteiger partial charge in [-0.05, 0) is 18.9 Å². The molecule has 0 saturated carbocycles. The highest BCUT2D eigenvalue weighted by Crippen LogP contribution is 2.22. The molecule has 2 aliphatic rings. The van der Waals surface area contributed by atoms with Crippen molar-refractivity contribution in [3.63, 3.8) is 0 Å². The van der Waals surface area contributed by atoms with Gasteiger partial charge in [0.2, 0.25) is 11.9 Å². The summed E-state index contributed by atoms with van der Waals surface area (Å²) in [6.07, 6.45) is 4.57. The molecule has 2 fully saturated rings. The summed E-state index contributed by atoms with van der Waals surface area (Å²) in [7, 11) is 0. The van der Waals surface area contributed by atoms with Crippen LogP contribution in [-0.2, 0) is 14.3 Å². The number of nitrogens with zero attached hydrogens (tertiary/aromatic N) is 4. The Kier molecular flexibility index (Phi) is 4.71. The molecule has 23 heavy (non-hydrogen) atoms. The van der Waals surface area contributed by atoms with Crippen LogP contribution in [-0.4, -0.2) is 70.7 Å². The molecule has 1 atom stereocenters. The van der Waals surface area contributed by atoms with Crippen LogP contribution in [0.1, 0.15) is 12.8 Å². The number of anilines is 1. The van der Waals surface area contributed by atoms with Crippen LogP contribution in [0.15, 0.2) is 18.5 Å². The fraction of sp³-hybridized carbons (Fsp3) is 0.600. The molecule has 1 aromatic rings. The molecule has 0 aliphatic carbocycles. The van der Waals surface area contributed by atoms with Crippen molar-refractivity contribution in [3.8, 4) is 0 Å². The molecule has 1 aromatic heterocycles. The molecule has 8 nitrogen and oxygen atoms in total. The van der Waals surface area contributed by atoms with Crippen LogP contribution in [0.25, 0.3) is 0 Å². The lowest BCUT2D eigenvalue weighted by Gasteiger charge is -2.41. The molecule has 3 heterocycles. The van der Waals surface area contributed by atoms with Crippen LogP contribution in [0.5, 0.6) is 0 Å². The highest BCUT2D eigenvalue weighted by molar-refractivity contribution is 5.86. The molecule has 3 rings (SSSR count). The SMILES string of the molecule is O=C(O)[C@@H]1CN(c2ncccn2)CCN1C(=O)C1CCOCC1. The van der Waals surface area contributed by atoms with Gasteiger partial charge in [0.25, 0.3) is 0 Å². The summed E-state index contributed by atoms with van der Waals surface area (Å²) in [5.74, 6) is -0.706. The second kappa shape index (κ2) is 6.91. The number of aliphatic carboxylic acids is 1. The number of hydrogen-bond donors (Lipinski definition) is 1. The number of aromatic nitrogens is 2. The predicted molar refractivity (Wildman–Crippen MR) is 80.9 cm³/mol. The largest absolute Gasteiger partial charge is 0.480 e. The van der Waals surface area contributed by atoms with E-state index in [1.807, 2.05) is 4.90 Å². The fourth-order valence-electron chi connectivity index (χ4n) is 3.07. The zero-order chi connectivity index (χ0) is 16.2. The molecule has 2 aliphatic heterocycles.